The summed E-state index contributed by atoms with van der Waals surface area (Å²) in [4.78, 5) is 16.7. The Morgan fingerprint density at radius 1 is 1.15 bits per heavy atom. The monoisotopic (exact) mass is 545 g/mol. The Labute approximate surface area is 232 Å². The predicted octanol–water partition coefficient (Wildman–Crippen LogP) is 4.87. The van der Waals surface area contributed by atoms with Gasteiger partial charge in [0.05, 0.1) is 36.5 Å². The van der Waals surface area contributed by atoms with Crippen LogP contribution in [0.3, 0.4) is 0 Å². The summed E-state index contributed by atoms with van der Waals surface area (Å²) in [6, 6.07) is 13.8. The number of aryl methyl sites for hydroxylation is 2. The number of aromatic nitrogens is 3. The molecule has 2 aromatic heterocycles. The van der Waals surface area contributed by atoms with Gasteiger partial charge in [-0.1, -0.05) is 35.0 Å². The molecule has 1 aliphatic rings. The number of hydrogen-bond acceptors (Lipinski definition) is 9. The number of ether oxygens (including phenoxy) is 1. The van der Waals surface area contributed by atoms with Gasteiger partial charge in [-0.15, -0.1) is 0 Å². The van der Waals surface area contributed by atoms with E-state index in [1.54, 1.807) is 6.21 Å². The van der Waals surface area contributed by atoms with E-state index in [0.29, 0.717) is 35.3 Å². The maximum atomic E-state index is 6.21. The topological polar surface area (TPSA) is 115 Å². The molecule has 10 heteroatoms. The number of allylic oxidation sites excluding steroid dienone is 1. The molecule has 0 amide bonds. The molecule has 3 N–H and O–H groups in total. The van der Waals surface area contributed by atoms with Gasteiger partial charge in [-0.3, -0.25) is 9.89 Å². The van der Waals surface area contributed by atoms with Crippen molar-refractivity contribution in [2.24, 2.45) is 10.7 Å². The Morgan fingerprint density at radius 2 is 2.00 bits per heavy atom. The first-order chi connectivity index (χ1) is 19.0. The van der Waals surface area contributed by atoms with Gasteiger partial charge in [0.2, 0.25) is 0 Å². The molecule has 1 aliphatic heterocycles. The standard InChI is InChI=1S/C29H32ClN7O2/c1-19-27(20(2)39-36-19)22-6-7-26-25(15-22)29(33-17-21-4-3-5-24(30)14-21)35-28(34-26)23(16-31)18-32-8-9-37-10-12-38-13-11-37/h3-7,14-16,18H,8-13,17,31H2,1-2H3,(H,33,34,35). The van der Waals surface area contributed by atoms with Crippen molar-refractivity contribution in [1.29, 1.82) is 0 Å². The van der Waals surface area contributed by atoms with Crippen molar-refractivity contribution in [1.82, 2.24) is 20.0 Å². The van der Waals surface area contributed by atoms with Crippen molar-refractivity contribution < 1.29 is 9.26 Å². The van der Waals surface area contributed by atoms with E-state index in [9.17, 15) is 0 Å². The van der Waals surface area contributed by atoms with Gasteiger partial charge in [0.15, 0.2) is 5.82 Å². The Hall–Kier alpha value is -3.79. The molecule has 0 saturated carbocycles. The Balaban J connectivity index is 1.46. The highest BCUT2D eigenvalue weighted by atomic mass is 35.5. The highest BCUT2D eigenvalue weighted by Gasteiger charge is 2.16. The largest absolute Gasteiger partial charge is 0.404 e. The van der Waals surface area contributed by atoms with Crippen LogP contribution in [-0.2, 0) is 11.3 Å². The van der Waals surface area contributed by atoms with Crippen LogP contribution in [0.25, 0.3) is 27.6 Å². The maximum Gasteiger partial charge on any atom is 0.165 e. The van der Waals surface area contributed by atoms with Gasteiger partial charge in [-0.25, -0.2) is 9.97 Å². The van der Waals surface area contributed by atoms with Crippen molar-refractivity contribution in [2.45, 2.75) is 20.4 Å². The fraction of sp³-hybridized carbons (Fsp3) is 0.310. The number of rotatable bonds is 9. The van der Waals surface area contributed by atoms with Crippen LogP contribution >= 0.6 is 11.6 Å². The Morgan fingerprint density at radius 3 is 2.74 bits per heavy atom. The first kappa shape index (κ1) is 26.8. The highest BCUT2D eigenvalue weighted by molar-refractivity contribution is 6.30. The van der Waals surface area contributed by atoms with Crippen LogP contribution in [0.1, 0.15) is 22.8 Å². The van der Waals surface area contributed by atoms with Gasteiger partial charge in [0.25, 0.3) is 0 Å². The average molecular weight is 546 g/mol. The second kappa shape index (κ2) is 12.4. The molecule has 9 nitrogen and oxygen atoms in total. The van der Waals surface area contributed by atoms with Crippen LogP contribution < -0.4 is 11.1 Å². The summed E-state index contributed by atoms with van der Waals surface area (Å²) in [6.07, 6.45) is 3.25. The second-order valence-electron chi connectivity index (χ2n) is 9.42. The lowest BCUT2D eigenvalue weighted by molar-refractivity contribution is 0.0395. The van der Waals surface area contributed by atoms with Gasteiger partial charge in [-0.2, -0.15) is 0 Å². The molecule has 0 spiro atoms. The fourth-order valence-electron chi connectivity index (χ4n) is 4.64. The third-order valence-electron chi connectivity index (χ3n) is 6.68. The van der Waals surface area contributed by atoms with Crippen molar-refractivity contribution in [3.05, 3.63) is 76.5 Å². The van der Waals surface area contributed by atoms with Crippen LogP contribution in [0.2, 0.25) is 5.02 Å². The molecule has 0 atom stereocenters. The quantitative estimate of drug-likeness (QED) is 0.286. The minimum atomic E-state index is 0.499. The number of hydrogen-bond donors (Lipinski definition) is 2. The Bertz CT molecular complexity index is 1490. The van der Waals surface area contributed by atoms with Gasteiger partial charge in [0, 0.05) is 54.6 Å². The molecule has 3 heterocycles. The molecule has 0 radical (unpaired) electrons. The summed E-state index contributed by atoms with van der Waals surface area (Å²) in [7, 11) is 0. The number of benzene rings is 2. The molecule has 39 heavy (non-hydrogen) atoms. The van der Waals surface area contributed by atoms with Crippen LogP contribution in [0, 0.1) is 13.8 Å². The number of nitrogens with zero attached hydrogens (tertiary/aromatic N) is 5. The molecule has 202 valence electrons. The second-order valence-corrected chi connectivity index (χ2v) is 9.86. The minimum absolute atomic E-state index is 0.499. The smallest absolute Gasteiger partial charge is 0.165 e. The molecule has 1 fully saturated rings. The third-order valence-corrected chi connectivity index (χ3v) is 6.92. The molecular weight excluding hydrogens is 514 g/mol. The number of fused-ring (bicyclic) bond motifs is 1. The summed E-state index contributed by atoms with van der Waals surface area (Å²) in [6.45, 7) is 9.31. The van der Waals surface area contributed by atoms with Crippen LogP contribution in [0.15, 0.2) is 58.2 Å². The molecular formula is C29H32ClN7O2. The van der Waals surface area contributed by atoms with Gasteiger partial charge in [-0.05, 0) is 49.2 Å². The lowest BCUT2D eigenvalue weighted by atomic mass is 10.0. The summed E-state index contributed by atoms with van der Waals surface area (Å²) < 4.78 is 10.8. The molecule has 0 unspecified atom stereocenters. The van der Waals surface area contributed by atoms with Crippen molar-refractivity contribution in [2.75, 3.05) is 44.7 Å². The fourth-order valence-corrected chi connectivity index (χ4v) is 4.85. The number of nitrogens with two attached hydrogens (primary N) is 1. The van der Waals surface area contributed by atoms with Crippen LogP contribution in [-0.4, -0.2) is 65.6 Å². The van der Waals surface area contributed by atoms with E-state index in [2.05, 4.69) is 26.4 Å². The maximum absolute atomic E-state index is 6.21. The van der Waals surface area contributed by atoms with E-state index in [1.165, 1.54) is 6.20 Å². The third kappa shape index (κ3) is 6.44. The lowest BCUT2D eigenvalue weighted by Crippen LogP contribution is -2.37. The van der Waals surface area contributed by atoms with Gasteiger partial charge in [0.1, 0.15) is 11.6 Å². The van der Waals surface area contributed by atoms with Crippen LogP contribution in [0.5, 0.6) is 0 Å². The number of morpholine rings is 1. The van der Waals surface area contributed by atoms with E-state index in [-0.39, 0.29) is 0 Å². The highest BCUT2D eigenvalue weighted by Crippen LogP contribution is 2.32. The van der Waals surface area contributed by atoms with E-state index in [4.69, 9.17) is 36.6 Å². The summed E-state index contributed by atoms with van der Waals surface area (Å²) in [5.41, 5.74) is 11.3. The van der Waals surface area contributed by atoms with Crippen molar-refractivity contribution in [3.8, 4) is 11.1 Å². The number of anilines is 1. The van der Waals surface area contributed by atoms with E-state index < -0.39 is 0 Å². The summed E-state index contributed by atoms with van der Waals surface area (Å²) in [5.74, 6) is 1.95. The Kier molecular flexibility index (Phi) is 8.51. The van der Waals surface area contributed by atoms with E-state index in [0.717, 1.165) is 71.9 Å². The molecule has 4 aromatic rings. The van der Waals surface area contributed by atoms with Gasteiger partial charge < -0.3 is 20.3 Å². The normalized spacial score (nSPS) is 14.9. The number of aliphatic imine (C=N–C) groups is 1. The molecule has 5 rings (SSSR count). The first-order valence-electron chi connectivity index (χ1n) is 13.0. The first-order valence-corrected chi connectivity index (χ1v) is 13.3. The SMILES string of the molecule is Cc1noc(C)c1-c1ccc2nc(C(C=NCCN3CCOCC3)=CN)nc(NCc3cccc(Cl)c3)c2c1. The van der Waals surface area contributed by atoms with Crippen LogP contribution in [0.4, 0.5) is 5.82 Å². The minimum Gasteiger partial charge on any atom is -0.404 e. The molecule has 0 bridgehead atoms. The number of nitrogens with one attached hydrogen (secondary N) is 1. The van der Waals surface area contributed by atoms with Crippen molar-refractivity contribution in [3.63, 3.8) is 0 Å². The average Bonchev–Trinajstić information content (AvgIpc) is 3.29. The molecule has 1 saturated heterocycles. The van der Waals surface area contributed by atoms with E-state index in [1.807, 2.05) is 50.2 Å². The zero-order valence-electron chi connectivity index (χ0n) is 22.2. The summed E-state index contributed by atoms with van der Waals surface area (Å²) in [5, 5.41) is 9.16. The zero-order valence-corrected chi connectivity index (χ0v) is 22.9. The van der Waals surface area contributed by atoms with E-state index >= 15 is 0 Å². The molecule has 0 aliphatic carbocycles. The predicted molar refractivity (Wildman–Crippen MR) is 156 cm³/mol. The molecule has 2 aromatic carbocycles. The summed E-state index contributed by atoms with van der Waals surface area (Å²) >= 11 is 6.21. The zero-order chi connectivity index (χ0) is 27.2. The van der Waals surface area contributed by atoms with Gasteiger partial charge >= 0.3 is 0 Å². The lowest BCUT2D eigenvalue weighted by Gasteiger charge is -2.25. The van der Waals surface area contributed by atoms with Crippen molar-refractivity contribution >= 4 is 40.1 Å². The number of halogens is 1.